The van der Waals surface area contributed by atoms with Crippen LogP contribution in [0.25, 0.3) is 0 Å². The van der Waals surface area contributed by atoms with Gasteiger partial charge in [0.05, 0.1) is 17.8 Å². The SMILES string of the molecule is CC1([C@H](NC(=O)NC2(CS(=O)O)CCCCC2)C(=O)N2CCC[C@H]2C(=O)NCC(=O)C(N)=O)CCCCC1. The molecule has 5 amide bonds. The average molecular weight is 556 g/mol. The molecule has 2 aliphatic carbocycles. The molecule has 0 aromatic rings. The summed E-state index contributed by atoms with van der Waals surface area (Å²) >= 11 is -2.09. The predicted octanol–water partition coefficient (Wildman–Crippen LogP) is 0.711. The molecule has 38 heavy (non-hydrogen) atoms. The highest BCUT2D eigenvalue weighted by atomic mass is 32.2. The van der Waals surface area contributed by atoms with E-state index in [2.05, 4.69) is 16.0 Å². The van der Waals surface area contributed by atoms with Crippen molar-refractivity contribution >= 4 is 40.6 Å². The number of amides is 5. The third-order valence-corrected chi connectivity index (χ3v) is 9.14. The Balaban J connectivity index is 1.78. The molecule has 2 saturated carbocycles. The summed E-state index contributed by atoms with van der Waals surface area (Å²) in [5.41, 5.74) is 3.61. The van der Waals surface area contributed by atoms with Gasteiger partial charge in [-0.3, -0.25) is 19.2 Å². The first-order valence-corrected chi connectivity index (χ1v) is 14.8. The summed E-state index contributed by atoms with van der Waals surface area (Å²) < 4.78 is 21.3. The Labute approximate surface area is 225 Å². The van der Waals surface area contributed by atoms with E-state index in [1.165, 1.54) is 4.90 Å². The number of hydrogen-bond acceptors (Lipinski definition) is 6. The molecule has 0 radical (unpaired) electrons. The van der Waals surface area contributed by atoms with E-state index in [4.69, 9.17) is 5.73 Å². The molecule has 1 heterocycles. The summed E-state index contributed by atoms with van der Waals surface area (Å²) in [5.74, 6) is -3.07. The Morgan fingerprint density at radius 2 is 1.61 bits per heavy atom. The number of hydrogen-bond donors (Lipinski definition) is 5. The van der Waals surface area contributed by atoms with Crippen molar-refractivity contribution in [2.75, 3.05) is 18.8 Å². The summed E-state index contributed by atoms with van der Waals surface area (Å²) in [6, 6.07) is -2.29. The van der Waals surface area contributed by atoms with Gasteiger partial charge in [-0.05, 0) is 43.9 Å². The molecule has 0 spiro atoms. The van der Waals surface area contributed by atoms with Gasteiger partial charge in [0.2, 0.25) is 17.6 Å². The van der Waals surface area contributed by atoms with Crippen LogP contribution in [0.1, 0.15) is 84.0 Å². The maximum absolute atomic E-state index is 14.0. The first-order chi connectivity index (χ1) is 18.0. The van der Waals surface area contributed by atoms with Crippen LogP contribution in [0.2, 0.25) is 0 Å². The van der Waals surface area contributed by atoms with Gasteiger partial charge in [-0.1, -0.05) is 45.4 Å². The smallest absolute Gasteiger partial charge is 0.315 e. The van der Waals surface area contributed by atoms with Gasteiger partial charge in [-0.25, -0.2) is 9.00 Å². The zero-order valence-electron chi connectivity index (χ0n) is 22.1. The van der Waals surface area contributed by atoms with Crippen molar-refractivity contribution in [3.8, 4) is 0 Å². The number of rotatable bonds is 10. The largest absolute Gasteiger partial charge is 0.363 e. The van der Waals surface area contributed by atoms with Crippen LogP contribution in [-0.4, -0.2) is 79.7 Å². The fraction of sp³-hybridized carbons (Fsp3) is 0.800. The number of ketones is 1. The Morgan fingerprint density at radius 1 is 1.00 bits per heavy atom. The zero-order chi connectivity index (χ0) is 27.9. The fourth-order valence-electron chi connectivity index (χ4n) is 6.20. The molecule has 3 atom stereocenters. The molecule has 3 fully saturated rings. The molecule has 1 unspecified atom stereocenters. The molecule has 13 heteroatoms. The first-order valence-electron chi connectivity index (χ1n) is 13.5. The lowest BCUT2D eigenvalue weighted by atomic mass is 9.70. The van der Waals surface area contributed by atoms with E-state index < -0.39 is 64.3 Å². The number of likely N-dealkylation sites (tertiary alicyclic amines) is 1. The lowest BCUT2D eigenvalue weighted by Gasteiger charge is -2.43. The van der Waals surface area contributed by atoms with Crippen molar-refractivity contribution < 1.29 is 32.7 Å². The van der Waals surface area contributed by atoms with Crippen LogP contribution in [0.3, 0.4) is 0 Å². The third-order valence-electron chi connectivity index (χ3n) is 8.34. The summed E-state index contributed by atoms with van der Waals surface area (Å²) in [6.07, 6.45) is 9.12. The minimum Gasteiger partial charge on any atom is -0.363 e. The second-order valence-electron chi connectivity index (χ2n) is 11.2. The van der Waals surface area contributed by atoms with Crippen molar-refractivity contribution in [1.29, 1.82) is 0 Å². The number of nitrogens with zero attached hydrogens (tertiary/aromatic N) is 1. The van der Waals surface area contributed by atoms with Gasteiger partial charge in [0.1, 0.15) is 12.1 Å². The van der Waals surface area contributed by atoms with E-state index in [1.54, 1.807) is 0 Å². The monoisotopic (exact) mass is 555 g/mol. The van der Waals surface area contributed by atoms with Gasteiger partial charge in [-0.2, -0.15) is 0 Å². The molecule has 6 N–H and O–H groups in total. The molecule has 12 nitrogen and oxygen atoms in total. The lowest BCUT2D eigenvalue weighted by Crippen LogP contribution is -2.63. The molecule has 214 valence electrons. The number of nitrogens with one attached hydrogen (secondary N) is 3. The topological polar surface area (TPSA) is 188 Å². The van der Waals surface area contributed by atoms with E-state index in [9.17, 15) is 32.7 Å². The Bertz CT molecular complexity index is 946. The van der Waals surface area contributed by atoms with E-state index in [0.29, 0.717) is 32.2 Å². The average Bonchev–Trinajstić information content (AvgIpc) is 3.35. The highest BCUT2D eigenvalue weighted by Crippen LogP contribution is 2.40. The first kappa shape index (κ1) is 30.0. The minimum atomic E-state index is -2.09. The fourth-order valence-corrected chi connectivity index (χ4v) is 7.04. The quantitative estimate of drug-likeness (QED) is 0.194. The van der Waals surface area contributed by atoms with Crippen LogP contribution in [0.15, 0.2) is 0 Å². The molecule has 3 aliphatic rings. The number of primary amides is 1. The Morgan fingerprint density at radius 3 is 2.18 bits per heavy atom. The highest BCUT2D eigenvalue weighted by Gasteiger charge is 2.47. The number of carbonyl (C=O) groups is 5. The van der Waals surface area contributed by atoms with E-state index in [1.807, 2.05) is 6.92 Å². The van der Waals surface area contributed by atoms with Crippen molar-refractivity contribution in [3.63, 3.8) is 0 Å². The maximum atomic E-state index is 14.0. The zero-order valence-corrected chi connectivity index (χ0v) is 22.9. The minimum absolute atomic E-state index is 0.0747. The van der Waals surface area contributed by atoms with Gasteiger partial charge in [0.15, 0.2) is 11.1 Å². The van der Waals surface area contributed by atoms with E-state index in [0.717, 1.165) is 51.4 Å². The Hall–Kier alpha value is -2.54. The maximum Gasteiger partial charge on any atom is 0.315 e. The van der Waals surface area contributed by atoms with Gasteiger partial charge >= 0.3 is 6.03 Å². The molecular formula is C25H41N5O7S. The number of Topliss-reactive ketones (excluding diaryl/α,β-unsaturated/α-hetero) is 1. The van der Waals surface area contributed by atoms with Gasteiger partial charge in [0, 0.05) is 6.54 Å². The van der Waals surface area contributed by atoms with Gasteiger partial charge in [-0.15, -0.1) is 0 Å². The standard InChI is InChI=1S/C25H41N5O7S/c1-24(10-4-2-5-11-24)19(28-23(35)29-25(16-38(36)37)12-6-3-7-13-25)22(34)30-14-8-9-17(30)21(33)27-15-18(31)20(26)32/h17,19H,2-16H2,1H3,(H2,26,32)(H,27,33)(H,36,37)(H2,28,29,35)/t17-,19+/m0/s1. The Kier molecular flexibility index (Phi) is 10.3. The van der Waals surface area contributed by atoms with Crippen LogP contribution >= 0.6 is 0 Å². The molecule has 0 aromatic heterocycles. The van der Waals surface area contributed by atoms with Crippen LogP contribution < -0.4 is 21.7 Å². The molecule has 0 aromatic carbocycles. The van der Waals surface area contributed by atoms with Crippen molar-refractivity contribution in [2.24, 2.45) is 11.1 Å². The molecule has 1 aliphatic heterocycles. The van der Waals surface area contributed by atoms with E-state index >= 15 is 0 Å². The number of carbonyl (C=O) groups excluding carboxylic acids is 5. The second-order valence-corrected chi connectivity index (χ2v) is 12.2. The van der Waals surface area contributed by atoms with E-state index in [-0.39, 0.29) is 11.7 Å². The van der Waals surface area contributed by atoms with Crippen molar-refractivity contribution in [3.05, 3.63) is 0 Å². The number of nitrogens with two attached hydrogens (primary N) is 1. The van der Waals surface area contributed by atoms with Crippen LogP contribution in [-0.2, 0) is 30.3 Å². The predicted molar refractivity (Wildman–Crippen MR) is 140 cm³/mol. The summed E-state index contributed by atoms with van der Waals surface area (Å²) in [4.78, 5) is 64.2. The lowest BCUT2D eigenvalue weighted by molar-refractivity contribution is -0.143. The van der Waals surface area contributed by atoms with Gasteiger partial charge < -0.3 is 31.1 Å². The van der Waals surface area contributed by atoms with Crippen molar-refractivity contribution in [1.82, 2.24) is 20.9 Å². The summed E-state index contributed by atoms with van der Waals surface area (Å²) in [5, 5.41) is 8.25. The molecular weight excluding hydrogens is 514 g/mol. The second kappa shape index (κ2) is 13.0. The van der Waals surface area contributed by atoms with Crippen molar-refractivity contribution in [2.45, 2.75) is 102 Å². The van der Waals surface area contributed by atoms with Crippen LogP contribution in [0, 0.1) is 5.41 Å². The normalized spacial score (nSPS) is 24.1. The highest BCUT2D eigenvalue weighted by molar-refractivity contribution is 7.79. The molecule has 3 rings (SSSR count). The molecule has 0 bridgehead atoms. The number of urea groups is 1. The summed E-state index contributed by atoms with van der Waals surface area (Å²) in [6.45, 7) is 1.76. The summed E-state index contributed by atoms with van der Waals surface area (Å²) in [7, 11) is 0. The van der Waals surface area contributed by atoms with Gasteiger partial charge in [0.25, 0.3) is 5.91 Å². The van der Waals surface area contributed by atoms with Crippen LogP contribution in [0.4, 0.5) is 4.79 Å². The molecule has 1 saturated heterocycles. The third kappa shape index (κ3) is 7.52. The van der Waals surface area contributed by atoms with Crippen LogP contribution in [0.5, 0.6) is 0 Å².